The van der Waals surface area contributed by atoms with Crippen molar-refractivity contribution in [3.63, 3.8) is 0 Å². The first-order valence-corrected chi connectivity index (χ1v) is 7.31. The van der Waals surface area contributed by atoms with Gasteiger partial charge in [0.15, 0.2) is 0 Å². The van der Waals surface area contributed by atoms with Crippen LogP contribution in [0.25, 0.3) is 0 Å². The van der Waals surface area contributed by atoms with Crippen LogP contribution in [0.2, 0.25) is 0 Å². The van der Waals surface area contributed by atoms with Gasteiger partial charge in [0, 0.05) is 18.2 Å². The molecule has 0 fully saturated rings. The summed E-state index contributed by atoms with van der Waals surface area (Å²) in [4.78, 5) is 14.2. The van der Waals surface area contributed by atoms with Crippen LogP contribution in [0.4, 0.5) is 13.2 Å². The summed E-state index contributed by atoms with van der Waals surface area (Å²) >= 11 is 0. The molecule has 2 nitrogen and oxygen atoms in total. The highest BCUT2D eigenvalue weighted by atomic mass is 19.4. The minimum Gasteiger partial charge on any atom is -0.332 e. The first-order chi connectivity index (χ1) is 10.8. The lowest BCUT2D eigenvalue weighted by atomic mass is 10.1. The van der Waals surface area contributed by atoms with E-state index in [1.807, 2.05) is 44.2 Å². The highest BCUT2D eigenvalue weighted by Gasteiger charge is 2.30. The van der Waals surface area contributed by atoms with Gasteiger partial charge in [0.25, 0.3) is 5.91 Å². The highest BCUT2D eigenvalue weighted by Crippen LogP contribution is 2.29. The van der Waals surface area contributed by atoms with E-state index in [0.29, 0.717) is 6.54 Å². The fraction of sp³-hybridized carbons (Fsp3) is 0.278. The van der Waals surface area contributed by atoms with Crippen LogP contribution in [0.15, 0.2) is 54.6 Å². The van der Waals surface area contributed by atoms with E-state index in [2.05, 4.69) is 0 Å². The Hall–Kier alpha value is -2.30. The maximum Gasteiger partial charge on any atom is 0.416 e. The van der Waals surface area contributed by atoms with E-state index in [1.165, 1.54) is 12.1 Å². The molecule has 0 spiro atoms. The van der Waals surface area contributed by atoms with Gasteiger partial charge in [0.1, 0.15) is 0 Å². The number of nitrogens with zero attached hydrogens (tertiary/aromatic N) is 1. The Morgan fingerprint density at radius 3 is 2.04 bits per heavy atom. The quantitative estimate of drug-likeness (QED) is 0.795. The number of carbonyl (C=O) groups excluding carboxylic acids is 1. The SMILES string of the molecule is CC(C)N(Cc1ccccc1)C(=O)c1ccc(C(F)(F)F)cc1. The van der Waals surface area contributed by atoms with E-state index in [9.17, 15) is 18.0 Å². The minimum atomic E-state index is -4.40. The van der Waals surface area contributed by atoms with Crippen LogP contribution in [0, 0.1) is 0 Å². The zero-order valence-electron chi connectivity index (χ0n) is 13.0. The van der Waals surface area contributed by atoms with Gasteiger partial charge in [-0.25, -0.2) is 0 Å². The summed E-state index contributed by atoms with van der Waals surface area (Å²) in [6.45, 7) is 4.17. The lowest BCUT2D eigenvalue weighted by Gasteiger charge is -2.27. The molecule has 0 aromatic heterocycles. The van der Waals surface area contributed by atoms with E-state index < -0.39 is 11.7 Å². The smallest absolute Gasteiger partial charge is 0.332 e. The van der Waals surface area contributed by atoms with Crippen LogP contribution < -0.4 is 0 Å². The standard InChI is InChI=1S/C18H18F3NO/c1-13(2)22(12-14-6-4-3-5-7-14)17(23)15-8-10-16(11-9-15)18(19,20)21/h3-11,13H,12H2,1-2H3. The average Bonchev–Trinajstić information content (AvgIpc) is 2.52. The van der Waals surface area contributed by atoms with E-state index in [4.69, 9.17) is 0 Å². The molecule has 2 aromatic carbocycles. The molecule has 2 rings (SSSR count). The third-order valence-corrected chi connectivity index (χ3v) is 3.54. The molecule has 122 valence electrons. The van der Waals surface area contributed by atoms with E-state index in [0.717, 1.165) is 17.7 Å². The zero-order valence-corrected chi connectivity index (χ0v) is 13.0. The van der Waals surface area contributed by atoms with Crippen molar-refractivity contribution >= 4 is 5.91 Å². The van der Waals surface area contributed by atoms with Gasteiger partial charge in [0.2, 0.25) is 0 Å². The Morgan fingerprint density at radius 2 is 1.57 bits per heavy atom. The molecule has 0 unspecified atom stereocenters. The molecule has 0 bridgehead atoms. The first-order valence-electron chi connectivity index (χ1n) is 7.31. The number of rotatable bonds is 4. The number of benzene rings is 2. The monoisotopic (exact) mass is 321 g/mol. The molecule has 0 saturated heterocycles. The Labute approximate surface area is 133 Å². The second kappa shape index (κ2) is 6.86. The summed E-state index contributed by atoms with van der Waals surface area (Å²) in [5.74, 6) is -0.280. The molecule has 5 heteroatoms. The van der Waals surface area contributed by atoms with Gasteiger partial charge >= 0.3 is 6.18 Å². The van der Waals surface area contributed by atoms with Crippen molar-refractivity contribution in [2.75, 3.05) is 0 Å². The van der Waals surface area contributed by atoms with Crippen LogP contribution >= 0.6 is 0 Å². The highest BCUT2D eigenvalue weighted by molar-refractivity contribution is 5.94. The molecule has 0 N–H and O–H groups in total. The summed E-state index contributed by atoms with van der Waals surface area (Å²) in [6.07, 6.45) is -4.40. The van der Waals surface area contributed by atoms with Gasteiger partial charge in [-0.05, 0) is 43.7 Å². The molecule has 0 aliphatic carbocycles. The molecule has 0 radical (unpaired) electrons. The Bertz CT molecular complexity index is 648. The third-order valence-electron chi connectivity index (χ3n) is 3.54. The summed E-state index contributed by atoms with van der Waals surface area (Å²) in [5, 5.41) is 0. The lowest BCUT2D eigenvalue weighted by molar-refractivity contribution is -0.137. The molecule has 0 aliphatic heterocycles. The van der Waals surface area contributed by atoms with Crippen molar-refractivity contribution in [2.45, 2.75) is 32.6 Å². The number of amides is 1. The van der Waals surface area contributed by atoms with Gasteiger partial charge in [-0.2, -0.15) is 13.2 Å². The van der Waals surface area contributed by atoms with Crippen molar-refractivity contribution in [2.24, 2.45) is 0 Å². The van der Waals surface area contributed by atoms with Gasteiger partial charge < -0.3 is 4.90 Å². The minimum absolute atomic E-state index is 0.0648. The molecule has 0 aliphatic rings. The Kier molecular flexibility index (Phi) is 5.08. The second-order valence-corrected chi connectivity index (χ2v) is 5.59. The first kappa shape index (κ1) is 17.1. The summed E-state index contributed by atoms with van der Waals surface area (Å²) < 4.78 is 37.8. The fourth-order valence-electron chi connectivity index (χ4n) is 2.24. The number of hydrogen-bond acceptors (Lipinski definition) is 1. The van der Waals surface area contributed by atoms with Gasteiger partial charge in [-0.15, -0.1) is 0 Å². The van der Waals surface area contributed by atoms with Crippen LogP contribution in [0.1, 0.15) is 35.3 Å². The predicted octanol–water partition coefficient (Wildman–Crippen LogP) is 4.76. The van der Waals surface area contributed by atoms with Gasteiger partial charge in [-0.1, -0.05) is 30.3 Å². The maximum absolute atomic E-state index is 12.6. The topological polar surface area (TPSA) is 20.3 Å². The van der Waals surface area contributed by atoms with Crippen LogP contribution in [0.5, 0.6) is 0 Å². The van der Waals surface area contributed by atoms with Crippen molar-refractivity contribution < 1.29 is 18.0 Å². The zero-order chi connectivity index (χ0) is 17.0. The van der Waals surface area contributed by atoms with Crippen molar-refractivity contribution in [1.82, 2.24) is 4.90 Å². The van der Waals surface area contributed by atoms with E-state index in [1.54, 1.807) is 4.90 Å². The summed E-state index contributed by atoms with van der Waals surface area (Å²) in [7, 11) is 0. The molecule has 2 aromatic rings. The van der Waals surface area contributed by atoms with Gasteiger partial charge in [0.05, 0.1) is 5.56 Å². The number of halogens is 3. The van der Waals surface area contributed by atoms with Crippen molar-refractivity contribution in [3.8, 4) is 0 Å². The Morgan fingerprint density at radius 1 is 1.00 bits per heavy atom. The molecule has 0 saturated carbocycles. The summed E-state index contributed by atoms with van der Waals surface area (Å²) in [6, 6.07) is 13.8. The number of hydrogen-bond donors (Lipinski definition) is 0. The van der Waals surface area contributed by atoms with Crippen LogP contribution in [0.3, 0.4) is 0 Å². The average molecular weight is 321 g/mol. The normalized spacial score (nSPS) is 11.6. The van der Waals surface area contributed by atoms with Crippen LogP contribution in [-0.4, -0.2) is 16.8 Å². The van der Waals surface area contributed by atoms with E-state index in [-0.39, 0.29) is 17.5 Å². The predicted molar refractivity (Wildman–Crippen MR) is 82.9 cm³/mol. The van der Waals surface area contributed by atoms with Gasteiger partial charge in [-0.3, -0.25) is 4.79 Å². The third kappa shape index (κ3) is 4.34. The molecule has 0 heterocycles. The van der Waals surface area contributed by atoms with E-state index >= 15 is 0 Å². The Balaban J connectivity index is 2.21. The van der Waals surface area contributed by atoms with Crippen molar-refractivity contribution in [1.29, 1.82) is 0 Å². The maximum atomic E-state index is 12.6. The lowest BCUT2D eigenvalue weighted by Crippen LogP contribution is -2.36. The van der Waals surface area contributed by atoms with Crippen LogP contribution in [-0.2, 0) is 12.7 Å². The molecule has 1 amide bonds. The summed E-state index contributed by atoms with van der Waals surface area (Å²) in [5.41, 5.74) is 0.470. The molecule has 0 atom stereocenters. The molecule has 23 heavy (non-hydrogen) atoms. The number of carbonyl (C=O) groups is 1. The molecular weight excluding hydrogens is 303 g/mol. The second-order valence-electron chi connectivity index (χ2n) is 5.59. The molecular formula is C18H18F3NO. The number of alkyl halides is 3. The fourth-order valence-corrected chi connectivity index (χ4v) is 2.24. The van der Waals surface area contributed by atoms with Crippen molar-refractivity contribution in [3.05, 3.63) is 71.3 Å². The largest absolute Gasteiger partial charge is 0.416 e.